The van der Waals surface area contributed by atoms with E-state index in [2.05, 4.69) is 131 Å². The molecule has 2 aromatic heterocycles. The quantitative estimate of drug-likeness (QED) is 0.209. The maximum absolute atomic E-state index is 3.70. The van der Waals surface area contributed by atoms with Gasteiger partial charge in [-0.2, -0.15) is 0 Å². The van der Waals surface area contributed by atoms with Gasteiger partial charge in [-0.15, -0.1) is 11.3 Å². The number of halogens is 1. The lowest BCUT2D eigenvalue weighted by atomic mass is 10.0. The molecule has 5 aromatic carbocycles. The lowest BCUT2D eigenvalue weighted by Crippen LogP contribution is -1.93. The fraction of sp³-hybridized carbons (Fsp3) is 0.0625. The first-order chi connectivity index (χ1) is 17.0. The Morgan fingerprint density at radius 3 is 1.89 bits per heavy atom. The molecule has 0 atom stereocenters. The third kappa shape index (κ3) is 3.34. The SMILES string of the molecule is Cc1ccc(-n2c3ccc(Br)cc3c3cc(-c4ccc5sc6ccc(C)cc6c5c4)ccc32)cc1. The van der Waals surface area contributed by atoms with Crippen LogP contribution in [0.1, 0.15) is 11.1 Å². The van der Waals surface area contributed by atoms with Crippen molar-refractivity contribution in [2.45, 2.75) is 13.8 Å². The number of hydrogen-bond acceptors (Lipinski definition) is 1. The van der Waals surface area contributed by atoms with E-state index in [-0.39, 0.29) is 0 Å². The second kappa shape index (κ2) is 7.81. The van der Waals surface area contributed by atoms with Gasteiger partial charge < -0.3 is 4.57 Å². The van der Waals surface area contributed by atoms with Gasteiger partial charge in [0.15, 0.2) is 0 Å². The Labute approximate surface area is 216 Å². The maximum atomic E-state index is 3.70. The third-order valence-electron chi connectivity index (χ3n) is 6.98. The normalized spacial score (nSPS) is 11.9. The first kappa shape index (κ1) is 20.9. The summed E-state index contributed by atoms with van der Waals surface area (Å²) in [6, 6.07) is 35.9. The van der Waals surface area contributed by atoms with Crippen LogP contribution in [-0.2, 0) is 0 Å². The molecule has 0 amide bonds. The maximum Gasteiger partial charge on any atom is 0.0541 e. The van der Waals surface area contributed by atoms with E-state index in [0.29, 0.717) is 0 Å². The number of nitrogens with zero attached hydrogens (tertiary/aromatic N) is 1. The van der Waals surface area contributed by atoms with Gasteiger partial charge in [-0.25, -0.2) is 0 Å². The summed E-state index contributed by atoms with van der Waals surface area (Å²) in [6.45, 7) is 4.30. The van der Waals surface area contributed by atoms with Crippen molar-refractivity contribution in [2.75, 3.05) is 0 Å². The van der Waals surface area contributed by atoms with E-state index in [1.54, 1.807) is 0 Å². The Balaban J connectivity index is 1.48. The molecule has 7 aromatic rings. The molecule has 0 aliphatic carbocycles. The van der Waals surface area contributed by atoms with E-state index < -0.39 is 0 Å². The predicted molar refractivity (Wildman–Crippen MR) is 156 cm³/mol. The van der Waals surface area contributed by atoms with Crippen LogP contribution in [0.5, 0.6) is 0 Å². The van der Waals surface area contributed by atoms with Crippen LogP contribution in [0.15, 0.2) is 102 Å². The summed E-state index contributed by atoms with van der Waals surface area (Å²) in [5.41, 5.74) is 8.71. The number of hydrogen-bond donors (Lipinski definition) is 0. The monoisotopic (exact) mass is 531 g/mol. The van der Waals surface area contributed by atoms with E-state index in [9.17, 15) is 0 Å². The number of benzene rings is 5. The molecule has 0 fully saturated rings. The molecule has 0 aliphatic rings. The summed E-state index contributed by atoms with van der Waals surface area (Å²) in [7, 11) is 0. The van der Waals surface area contributed by atoms with Crippen molar-refractivity contribution in [1.82, 2.24) is 4.57 Å². The van der Waals surface area contributed by atoms with Crippen LogP contribution in [0, 0.1) is 13.8 Å². The summed E-state index contributed by atoms with van der Waals surface area (Å²) in [6.07, 6.45) is 0. The molecule has 0 saturated heterocycles. The molecule has 35 heavy (non-hydrogen) atoms. The molecule has 2 heterocycles. The Morgan fingerprint density at radius 1 is 0.543 bits per heavy atom. The average Bonchev–Trinajstić information content (AvgIpc) is 3.39. The number of thiophene rings is 1. The van der Waals surface area contributed by atoms with Crippen LogP contribution in [0.3, 0.4) is 0 Å². The molecule has 0 unspecified atom stereocenters. The van der Waals surface area contributed by atoms with Crippen molar-refractivity contribution in [1.29, 1.82) is 0 Å². The smallest absolute Gasteiger partial charge is 0.0541 e. The molecular weight excluding hydrogens is 510 g/mol. The zero-order valence-corrected chi connectivity index (χ0v) is 21.9. The Hall–Kier alpha value is -3.40. The van der Waals surface area contributed by atoms with Crippen molar-refractivity contribution >= 4 is 69.2 Å². The van der Waals surface area contributed by atoms with Gasteiger partial charge in [0.05, 0.1) is 11.0 Å². The predicted octanol–water partition coefficient (Wildman–Crippen LogP) is 10.2. The van der Waals surface area contributed by atoms with Gasteiger partial charge in [-0.3, -0.25) is 0 Å². The first-order valence-corrected chi connectivity index (χ1v) is 13.4. The van der Waals surface area contributed by atoms with Crippen LogP contribution in [0.2, 0.25) is 0 Å². The zero-order valence-electron chi connectivity index (χ0n) is 19.5. The molecular formula is C32H22BrNS. The van der Waals surface area contributed by atoms with E-state index in [0.717, 1.165) is 4.47 Å². The number of aromatic nitrogens is 1. The van der Waals surface area contributed by atoms with Gasteiger partial charge in [0.25, 0.3) is 0 Å². The number of rotatable bonds is 2. The minimum Gasteiger partial charge on any atom is -0.309 e. The number of fused-ring (bicyclic) bond motifs is 6. The Bertz CT molecular complexity index is 1920. The number of aryl methyl sites for hydroxylation is 2. The molecule has 0 bridgehead atoms. The molecule has 0 radical (unpaired) electrons. The molecule has 0 saturated carbocycles. The van der Waals surface area contributed by atoms with Crippen LogP contribution in [-0.4, -0.2) is 4.57 Å². The Kier molecular flexibility index (Phi) is 4.67. The van der Waals surface area contributed by atoms with E-state index in [1.165, 1.54) is 69.9 Å². The van der Waals surface area contributed by atoms with Crippen molar-refractivity contribution in [2.24, 2.45) is 0 Å². The van der Waals surface area contributed by atoms with Gasteiger partial charge in [0.1, 0.15) is 0 Å². The highest BCUT2D eigenvalue weighted by Gasteiger charge is 2.14. The minimum absolute atomic E-state index is 1.10. The fourth-order valence-electron chi connectivity index (χ4n) is 5.22. The third-order valence-corrected chi connectivity index (χ3v) is 8.62. The van der Waals surface area contributed by atoms with Gasteiger partial charge in [-0.1, -0.05) is 57.4 Å². The van der Waals surface area contributed by atoms with Gasteiger partial charge >= 0.3 is 0 Å². The van der Waals surface area contributed by atoms with Crippen LogP contribution < -0.4 is 0 Å². The van der Waals surface area contributed by atoms with Crippen molar-refractivity contribution in [3.8, 4) is 16.8 Å². The lowest BCUT2D eigenvalue weighted by molar-refractivity contribution is 1.17. The molecule has 0 spiro atoms. The van der Waals surface area contributed by atoms with E-state index in [1.807, 2.05) is 11.3 Å². The molecule has 1 nitrogen and oxygen atoms in total. The summed E-state index contributed by atoms with van der Waals surface area (Å²) in [4.78, 5) is 0. The lowest BCUT2D eigenvalue weighted by Gasteiger charge is -2.09. The van der Waals surface area contributed by atoms with Gasteiger partial charge in [0.2, 0.25) is 0 Å². The highest BCUT2D eigenvalue weighted by molar-refractivity contribution is 9.10. The Morgan fingerprint density at radius 2 is 1.11 bits per heavy atom. The standard InChI is InChI=1S/C32H22BrNS/c1-19-3-9-24(10-4-19)34-29-11-6-21(16-25(29)26-18-23(33)8-12-30(26)34)22-7-14-32-28(17-22)27-15-20(2)5-13-31(27)35-32/h3-18H,1-2H3. The fourth-order valence-corrected chi connectivity index (χ4v) is 6.65. The topological polar surface area (TPSA) is 4.93 Å². The summed E-state index contributed by atoms with van der Waals surface area (Å²) >= 11 is 5.57. The van der Waals surface area contributed by atoms with E-state index in [4.69, 9.17) is 0 Å². The second-order valence-corrected chi connectivity index (χ2v) is 11.4. The molecule has 7 rings (SSSR count). The highest BCUT2D eigenvalue weighted by Crippen LogP contribution is 2.39. The molecule has 0 aliphatic heterocycles. The summed E-state index contributed by atoms with van der Waals surface area (Å²) in [5, 5.41) is 5.23. The molecule has 168 valence electrons. The highest BCUT2D eigenvalue weighted by atomic mass is 79.9. The van der Waals surface area contributed by atoms with Crippen molar-refractivity contribution in [3.63, 3.8) is 0 Å². The van der Waals surface area contributed by atoms with Gasteiger partial charge in [0, 0.05) is 41.1 Å². The zero-order chi connectivity index (χ0) is 23.7. The van der Waals surface area contributed by atoms with Crippen molar-refractivity contribution in [3.05, 3.63) is 113 Å². The largest absolute Gasteiger partial charge is 0.309 e. The summed E-state index contributed by atoms with van der Waals surface area (Å²) in [5.74, 6) is 0. The average molecular weight is 533 g/mol. The van der Waals surface area contributed by atoms with E-state index >= 15 is 0 Å². The molecule has 0 N–H and O–H groups in total. The molecule has 3 heteroatoms. The second-order valence-electron chi connectivity index (χ2n) is 9.38. The van der Waals surface area contributed by atoms with Crippen LogP contribution >= 0.6 is 27.3 Å². The van der Waals surface area contributed by atoms with Crippen LogP contribution in [0.4, 0.5) is 0 Å². The van der Waals surface area contributed by atoms with Crippen LogP contribution in [0.25, 0.3) is 58.8 Å². The summed E-state index contributed by atoms with van der Waals surface area (Å²) < 4.78 is 6.16. The minimum atomic E-state index is 1.10. The first-order valence-electron chi connectivity index (χ1n) is 11.8. The van der Waals surface area contributed by atoms with Gasteiger partial charge in [-0.05, 0) is 91.7 Å². The van der Waals surface area contributed by atoms with Crippen molar-refractivity contribution < 1.29 is 0 Å².